The summed E-state index contributed by atoms with van der Waals surface area (Å²) in [4.78, 5) is 1.02. The van der Waals surface area contributed by atoms with Crippen LogP contribution in [0.15, 0.2) is 29.2 Å². The van der Waals surface area contributed by atoms with Crippen molar-refractivity contribution in [1.82, 2.24) is 5.32 Å². The van der Waals surface area contributed by atoms with Crippen LogP contribution in [0.5, 0.6) is 0 Å². The van der Waals surface area contributed by atoms with Gasteiger partial charge in [0.15, 0.2) is 0 Å². The largest absolute Gasteiger partial charge is 0.313 e. The highest BCUT2D eigenvalue weighted by molar-refractivity contribution is 7.99. The molecule has 2 rings (SSSR count). The molecule has 0 radical (unpaired) electrons. The first-order valence-corrected chi connectivity index (χ1v) is 5.45. The van der Waals surface area contributed by atoms with Crippen LogP contribution in [0.2, 0.25) is 0 Å². The third-order valence-corrected chi connectivity index (χ3v) is 3.33. The van der Waals surface area contributed by atoms with Crippen molar-refractivity contribution >= 4 is 11.8 Å². The summed E-state index contributed by atoms with van der Waals surface area (Å²) in [5.41, 5.74) is 0. The third kappa shape index (κ3) is 2.45. The van der Waals surface area contributed by atoms with Crippen LogP contribution in [-0.2, 0) is 0 Å². The van der Waals surface area contributed by atoms with Gasteiger partial charge in [-0.2, -0.15) is 0 Å². The van der Waals surface area contributed by atoms with E-state index in [9.17, 15) is 4.39 Å². The molecule has 0 saturated carbocycles. The van der Waals surface area contributed by atoms with Crippen molar-refractivity contribution in [2.24, 2.45) is 0 Å². The van der Waals surface area contributed by atoms with Gasteiger partial charge in [0.25, 0.3) is 0 Å². The summed E-state index contributed by atoms with van der Waals surface area (Å²) in [6.45, 7) is 1.13. The Kier molecular flexibility index (Phi) is 2.86. The molecule has 3 heteroatoms. The number of benzene rings is 1. The summed E-state index contributed by atoms with van der Waals surface area (Å²) >= 11 is 1.72. The number of thioether (sulfide) groups is 1. The lowest BCUT2D eigenvalue weighted by Gasteiger charge is -2.27. The third-order valence-electron chi connectivity index (χ3n) is 2.17. The van der Waals surface area contributed by atoms with E-state index in [1.54, 1.807) is 23.9 Å². The molecule has 1 atom stereocenters. The van der Waals surface area contributed by atoms with Gasteiger partial charge in [-0.25, -0.2) is 4.39 Å². The first-order valence-electron chi connectivity index (χ1n) is 4.46. The minimum absolute atomic E-state index is 0.147. The van der Waals surface area contributed by atoms with Crippen LogP contribution >= 0.6 is 11.8 Å². The van der Waals surface area contributed by atoms with E-state index in [0.29, 0.717) is 6.04 Å². The van der Waals surface area contributed by atoms with E-state index < -0.39 is 0 Å². The molecule has 0 bridgehead atoms. The molecule has 70 valence electrons. The normalized spacial score (nSPS) is 21.2. The zero-order valence-electron chi connectivity index (χ0n) is 7.29. The Labute approximate surface area is 81.7 Å². The summed E-state index contributed by atoms with van der Waals surface area (Å²) in [5.74, 6) is 0.898. The second-order valence-corrected chi connectivity index (χ2v) is 4.30. The molecule has 1 aromatic rings. The Balaban J connectivity index is 1.86. The van der Waals surface area contributed by atoms with E-state index in [1.165, 1.54) is 12.5 Å². The smallest absolute Gasteiger partial charge is 0.124 e. The predicted octanol–water partition coefficient (Wildman–Crippen LogP) is 2.28. The fraction of sp³-hybridized carbons (Fsp3) is 0.400. The van der Waals surface area contributed by atoms with Crippen molar-refractivity contribution in [2.75, 3.05) is 12.3 Å². The molecule has 1 aromatic carbocycles. The van der Waals surface area contributed by atoms with Gasteiger partial charge in [0.2, 0.25) is 0 Å². The minimum Gasteiger partial charge on any atom is -0.313 e. The lowest BCUT2D eigenvalue weighted by Crippen LogP contribution is -2.44. The maximum atomic E-state index is 12.8. The maximum Gasteiger partial charge on any atom is 0.124 e. The van der Waals surface area contributed by atoms with Gasteiger partial charge in [0.05, 0.1) is 0 Å². The van der Waals surface area contributed by atoms with Crippen molar-refractivity contribution < 1.29 is 4.39 Å². The summed E-state index contributed by atoms with van der Waals surface area (Å²) in [7, 11) is 0. The predicted molar refractivity (Wildman–Crippen MR) is 53.5 cm³/mol. The topological polar surface area (TPSA) is 12.0 Å². The number of hydrogen-bond donors (Lipinski definition) is 1. The van der Waals surface area contributed by atoms with E-state index in [1.807, 2.05) is 6.07 Å². The Morgan fingerprint density at radius 2 is 2.38 bits per heavy atom. The first-order chi connectivity index (χ1) is 6.34. The molecule has 1 unspecified atom stereocenters. The number of hydrogen-bond acceptors (Lipinski definition) is 2. The van der Waals surface area contributed by atoms with Crippen molar-refractivity contribution in [1.29, 1.82) is 0 Å². The van der Waals surface area contributed by atoms with Crippen LogP contribution in [0.4, 0.5) is 4.39 Å². The molecule has 1 N–H and O–H groups in total. The molecule has 1 nitrogen and oxygen atoms in total. The van der Waals surface area contributed by atoms with E-state index >= 15 is 0 Å². The molecule has 0 aliphatic carbocycles. The van der Waals surface area contributed by atoms with Crippen LogP contribution in [0.25, 0.3) is 0 Å². The summed E-state index contributed by atoms with van der Waals surface area (Å²) in [6, 6.07) is 7.40. The number of rotatable bonds is 3. The van der Waals surface area contributed by atoms with Gasteiger partial charge in [-0.15, -0.1) is 11.8 Å². The van der Waals surface area contributed by atoms with Gasteiger partial charge in [-0.05, 0) is 31.2 Å². The summed E-state index contributed by atoms with van der Waals surface area (Å²) < 4.78 is 12.8. The average molecular weight is 197 g/mol. The molecule has 1 heterocycles. The summed E-state index contributed by atoms with van der Waals surface area (Å²) in [6.07, 6.45) is 1.25. The lowest BCUT2D eigenvalue weighted by atomic mass is 10.1. The van der Waals surface area contributed by atoms with Crippen LogP contribution in [-0.4, -0.2) is 18.3 Å². The minimum atomic E-state index is -0.147. The molecular formula is C10H12FNS. The Morgan fingerprint density at radius 1 is 1.54 bits per heavy atom. The van der Waals surface area contributed by atoms with E-state index in [4.69, 9.17) is 0 Å². The van der Waals surface area contributed by atoms with Gasteiger partial charge in [-0.3, -0.25) is 0 Å². The highest BCUT2D eigenvalue weighted by Crippen LogP contribution is 2.21. The monoisotopic (exact) mass is 197 g/mol. The molecule has 1 aliphatic heterocycles. The zero-order valence-corrected chi connectivity index (χ0v) is 8.11. The Hall–Kier alpha value is -0.540. The molecule has 0 spiro atoms. The first kappa shape index (κ1) is 9.03. The van der Waals surface area contributed by atoms with Crippen molar-refractivity contribution in [3.8, 4) is 0 Å². The molecule has 1 saturated heterocycles. The van der Waals surface area contributed by atoms with Crippen LogP contribution in [0, 0.1) is 5.82 Å². The van der Waals surface area contributed by atoms with Gasteiger partial charge in [-0.1, -0.05) is 6.07 Å². The van der Waals surface area contributed by atoms with E-state index in [2.05, 4.69) is 5.32 Å². The Bertz CT molecular complexity index is 286. The number of halogens is 1. The standard InChI is InChI=1S/C10H12FNS/c11-8-2-1-3-10(6-8)13-7-9-4-5-12-9/h1-3,6,9,12H,4-5,7H2. The van der Waals surface area contributed by atoms with Crippen LogP contribution in [0.1, 0.15) is 6.42 Å². The van der Waals surface area contributed by atoms with Crippen molar-refractivity contribution in [3.63, 3.8) is 0 Å². The number of nitrogens with one attached hydrogen (secondary N) is 1. The van der Waals surface area contributed by atoms with Gasteiger partial charge < -0.3 is 5.32 Å². The quantitative estimate of drug-likeness (QED) is 0.746. The maximum absolute atomic E-state index is 12.8. The van der Waals surface area contributed by atoms with E-state index in [0.717, 1.165) is 17.2 Å². The fourth-order valence-corrected chi connectivity index (χ4v) is 2.29. The van der Waals surface area contributed by atoms with E-state index in [-0.39, 0.29) is 5.82 Å². The van der Waals surface area contributed by atoms with Crippen molar-refractivity contribution in [3.05, 3.63) is 30.1 Å². The second-order valence-electron chi connectivity index (χ2n) is 3.21. The van der Waals surface area contributed by atoms with Crippen molar-refractivity contribution in [2.45, 2.75) is 17.4 Å². The Morgan fingerprint density at radius 3 is 3.00 bits per heavy atom. The van der Waals surface area contributed by atoms with Crippen LogP contribution < -0.4 is 5.32 Å². The summed E-state index contributed by atoms with van der Waals surface area (Å²) in [5, 5.41) is 3.32. The van der Waals surface area contributed by atoms with Gasteiger partial charge in [0, 0.05) is 16.7 Å². The molecule has 13 heavy (non-hydrogen) atoms. The van der Waals surface area contributed by atoms with Crippen LogP contribution in [0.3, 0.4) is 0 Å². The van der Waals surface area contributed by atoms with Gasteiger partial charge >= 0.3 is 0 Å². The molecular weight excluding hydrogens is 185 g/mol. The lowest BCUT2D eigenvalue weighted by molar-refractivity contribution is 0.405. The molecule has 0 amide bonds. The SMILES string of the molecule is Fc1cccc(SCC2CCN2)c1. The highest BCUT2D eigenvalue weighted by atomic mass is 32.2. The highest BCUT2D eigenvalue weighted by Gasteiger charge is 2.15. The molecule has 1 aliphatic rings. The fourth-order valence-electron chi connectivity index (χ4n) is 1.24. The second kappa shape index (κ2) is 4.11. The van der Waals surface area contributed by atoms with Gasteiger partial charge in [0.1, 0.15) is 5.82 Å². The zero-order chi connectivity index (χ0) is 9.10. The molecule has 0 aromatic heterocycles. The molecule has 1 fully saturated rings. The average Bonchev–Trinajstić information content (AvgIpc) is 2.01.